The number of rotatable bonds is 9. The zero-order valence-corrected chi connectivity index (χ0v) is 18.7. The van der Waals surface area contributed by atoms with E-state index in [0.717, 1.165) is 0 Å². The molecule has 0 unspecified atom stereocenters. The molecular weight excluding hydrogens is 451 g/mol. The van der Waals surface area contributed by atoms with Crippen LogP contribution >= 0.6 is 0 Å². The summed E-state index contributed by atoms with van der Waals surface area (Å²) in [7, 11) is 4.34. The Hall–Kier alpha value is -4.08. The van der Waals surface area contributed by atoms with Crippen LogP contribution in [0, 0.1) is 0 Å². The van der Waals surface area contributed by atoms with E-state index in [4.69, 9.17) is 14.2 Å². The van der Waals surface area contributed by atoms with E-state index < -0.39 is 17.7 Å². The van der Waals surface area contributed by atoms with Crippen molar-refractivity contribution in [3.63, 3.8) is 0 Å². The number of hydrogen-bond acceptors (Lipinski definition) is 6. The van der Waals surface area contributed by atoms with Gasteiger partial charge in [0.2, 0.25) is 0 Å². The third kappa shape index (κ3) is 5.45. The number of halogens is 3. The molecule has 180 valence electrons. The quantitative estimate of drug-likeness (QED) is 0.372. The molecule has 0 atom stereocenters. The highest BCUT2D eigenvalue weighted by atomic mass is 19.4. The maximum atomic E-state index is 14.7. The summed E-state index contributed by atoms with van der Waals surface area (Å²) in [6, 6.07) is 17.4. The lowest BCUT2D eigenvalue weighted by Gasteiger charge is -2.37. The second-order valence-electron chi connectivity index (χ2n) is 7.14. The molecule has 7 nitrogen and oxygen atoms in total. The molecular formula is C24H24F3N3O4. The average Bonchev–Trinajstić information content (AvgIpc) is 2.84. The van der Waals surface area contributed by atoms with Gasteiger partial charge < -0.3 is 30.2 Å². The Labute approximate surface area is 194 Å². The summed E-state index contributed by atoms with van der Waals surface area (Å²) < 4.78 is 59.1. The van der Waals surface area contributed by atoms with Crippen LogP contribution in [0.5, 0.6) is 17.2 Å². The van der Waals surface area contributed by atoms with Crippen LogP contribution in [-0.2, 0) is 4.79 Å². The molecule has 0 aliphatic heterocycles. The van der Waals surface area contributed by atoms with E-state index in [0.29, 0.717) is 17.2 Å². The Kier molecular flexibility index (Phi) is 7.40. The first-order valence-corrected chi connectivity index (χ1v) is 10.1. The van der Waals surface area contributed by atoms with Gasteiger partial charge >= 0.3 is 6.18 Å². The number of nitrogens with one attached hydrogen (secondary N) is 3. The van der Waals surface area contributed by atoms with Gasteiger partial charge in [0.1, 0.15) is 17.2 Å². The summed E-state index contributed by atoms with van der Waals surface area (Å²) >= 11 is 0. The van der Waals surface area contributed by atoms with Gasteiger partial charge in [0, 0.05) is 17.1 Å². The van der Waals surface area contributed by atoms with Crippen LogP contribution in [0.3, 0.4) is 0 Å². The van der Waals surface area contributed by atoms with Gasteiger partial charge in [0.15, 0.2) is 0 Å². The van der Waals surface area contributed by atoms with Gasteiger partial charge in [-0.2, -0.15) is 13.2 Å². The number of carbonyl (C=O) groups is 1. The van der Waals surface area contributed by atoms with Crippen molar-refractivity contribution in [2.45, 2.75) is 11.8 Å². The lowest BCUT2D eigenvalue weighted by molar-refractivity contribution is -0.176. The van der Waals surface area contributed by atoms with Crippen molar-refractivity contribution in [3.8, 4) is 17.2 Å². The Morgan fingerprint density at radius 2 is 0.941 bits per heavy atom. The molecule has 3 N–H and O–H groups in total. The summed E-state index contributed by atoms with van der Waals surface area (Å²) in [4.78, 5) is 13.3. The van der Waals surface area contributed by atoms with Gasteiger partial charge in [-0.3, -0.25) is 4.79 Å². The summed E-state index contributed by atoms with van der Waals surface area (Å²) in [6.45, 7) is 0. The highest BCUT2D eigenvalue weighted by Gasteiger charge is 2.61. The van der Waals surface area contributed by atoms with Crippen LogP contribution in [0.4, 0.5) is 30.2 Å². The Balaban J connectivity index is 2.03. The van der Waals surface area contributed by atoms with Gasteiger partial charge in [-0.15, -0.1) is 0 Å². The molecule has 0 heterocycles. The number of hydrogen-bond donors (Lipinski definition) is 3. The molecule has 1 amide bonds. The van der Waals surface area contributed by atoms with Gasteiger partial charge in [-0.25, -0.2) is 0 Å². The number of ether oxygens (including phenoxy) is 3. The fourth-order valence-electron chi connectivity index (χ4n) is 3.10. The molecule has 0 aliphatic rings. The molecule has 0 saturated carbocycles. The summed E-state index contributed by atoms with van der Waals surface area (Å²) in [5.74, 6) is 0.0347. The van der Waals surface area contributed by atoms with E-state index in [2.05, 4.69) is 16.0 Å². The normalized spacial score (nSPS) is 11.4. The monoisotopic (exact) mass is 475 g/mol. The van der Waals surface area contributed by atoms with Crippen LogP contribution in [0.15, 0.2) is 72.8 Å². The summed E-state index contributed by atoms with van der Waals surface area (Å²) in [6.07, 6.45) is -5.07. The van der Waals surface area contributed by atoms with E-state index in [1.807, 2.05) is 0 Å². The molecule has 3 aromatic carbocycles. The summed E-state index contributed by atoms with van der Waals surface area (Å²) in [5.41, 5.74) is -2.98. The minimum atomic E-state index is -5.07. The lowest BCUT2D eigenvalue weighted by atomic mass is 10.1. The molecule has 10 heteroatoms. The number of benzene rings is 3. The predicted molar refractivity (Wildman–Crippen MR) is 124 cm³/mol. The van der Waals surface area contributed by atoms with Crippen molar-refractivity contribution in [3.05, 3.63) is 72.8 Å². The van der Waals surface area contributed by atoms with E-state index in [1.165, 1.54) is 94.1 Å². The minimum Gasteiger partial charge on any atom is -0.497 e. The largest absolute Gasteiger partial charge is 0.497 e. The lowest BCUT2D eigenvalue weighted by Crippen LogP contribution is -2.65. The van der Waals surface area contributed by atoms with Crippen LogP contribution in [0.2, 0.25) is 0 Å². The standard InChI is InChI=1S/C24H24F3N3O4/c1-32-19-10-4-16(5-11-19)28-22(31)23(24(25,26)27,29-17-6-12-20(33-2)13-7-17)30-18-8-14-21(34-3)15-9-18/h4-15,29-30H,1-3H3,(H,28,31). The molecule has 0 saturated heterocycles. The second kappa shape index (κ2) is 10.2. The maximum absolute atomic E-state index is 14.7. The molecule has 0 aliphatic carbocycles. The zero-order valence-electron chi connectivity index (χ0n) is 18.7. The number of amides is 1. The molecule has 34 heavy (non-hydrogen) atoms. The SMILES string of the molecule is COc1ccc(NC(=O)C(Nc2ccc(OC)cc2)(Nc2ccc(OC)cc2)C(F)(F)F)cc1. The van der Waals surface area contributed by atoms with E-state index in [9.17, 15) is 18.0 Å². The smallest absolute Gasteiger partial charge is 0.439 e. The van der Waals surface area contributed by atoms with Crippen molar-refractivity contribution in [1.29, 1.82) is 0 Å². The molecule has 0 bridgehead atoms. The average molecular weight is 475 g/mol. The minimum absolute atomic E-state index is 0.0454. The van der Waals surface area contributed by atoms with Crippen LogP contribution < -0.4 is 30.2 Å². The van der Waals surface area contributed by atoms with Crippen molar-refractivity contribution in [1.82, 2.24) is 0 Å². The molecule has 0 fully saturated rings. The third-order valence-electron chi connectivity index (χ3n) is 4.96. The predicted octanol–water partition coefficient (Wildman–Crippen LogP) is 5.13. The van der Waals surface area contributed by atoms with E-state index >= 15 is 0 Å². The highest BCUT2D eigenvalue weighted by Crippen LogP contribution is 2.37. The highest BCUT2D eigenvalue weighted by molar-refractivity contribution is 6.02. The van der Waals surface area contributed by atoms with Crippen LogP contribution in [-0.4, -0.2) is 39.1 Å². The molecule has 3 aromatic rings. The van der Waals surface area contributed by atoms with Crippen molar-refractivity contribution in [2.24, 2.45) is 0 Å². The number of carbonyl (C=O) groups excluding carboxylic acids is 1. The molecule has 3 rings (SSSR count). The first-order chi connectivity index (χ1) is 16.2. The fraction of sp³-hybridized carbons (Fsp3) is 0.208. The Morgan fingerprint density at radius 3 is 1.24 bits per heavy atom. The molecule has 0 aromatic heterocycles. The second-order valence-corrected chi connectivity index (χ2v) is 7.14. The Morgan fingerprint density at radius 1 is 0.618 bits per heavy atom. The number of alkyl halides is 3. The van der Waals surface area contributed by atoms with Gasteiger partial charge in [-0.05, 0) is 72.8 Å². The molecule has 0 spiro atoms. The third-order valence-corrected chi connectivity index (χ3v) is 4.96. The van der Waals surface area contributed by atoms with Crippen LogP contribution in [0.25, 0.3) is 0 Å². The van der Waals surface area contributed by atoms with Crippen molar-refractivity contribution < 1.29 is 32.2 Å². The molecule has 0 radical (unpaired) electrons. The fourth-order valence-corrected chi connectivity index (χ4v) is 3.10. The van der Waals surface area contributed by atoms with E-state index in [-0.39, 0.29) is 17.1 Å². The Bertz CT molecular complexity index is 1040. The van der Waals surface area contributed by atoms with Crippen molar-refractivity contribution in [2.75, 3.05) is 37.3 Å². The first kappa shape index (κ1) is 24.6. The van der Waals surface area contributed by atoms with Crippen molar-refractivity contribution >= 4 is 23.0 Å². The van der Waals surface area contributed by atoms with Gasteiger partial charge in [0.25, 0.3) is 11.6 Å². The van der Waals surface area contributed by atoms with Gasteiger partial charge in [0.05, 0.1) is 21.3 Å². The zero-order chi connectivity index (χ0) is 24.8. The first-order valence-electron chi connectivity index (χ1n) is 10.1. The maximum Gasteiger partial charge on any atom is 0.439 e. The van der Waals surface area contributed by atoms with Crippen LogP contribution in [0.1, 0.15) is 0 Å². The number of methoxy groups -OCH3 is 3. The number of anilines is 3. The topological polar surface area (TPSA) is 80.9 Å². The van der Waals surface area contributed by atoms with E-state index in [1.54, 1.807) is 0 Å². The van der Waals surface area contributed by atoms with Gasteiger partial charge in [-0.1, -0.05) is 0 Å². The summed E-state index contributed by atoms with van der Waals surface area (Å²) in [5, 5.41) is 7.03.